The van der Waals surface area contributed by atoms with Gasteiger partial charge < -0.3 is 9.88 Å². The number of anilines is 1. The Morgan fingerprint density at radius 2 is 1.90 bits per heavy atom. The maximum absolute atomic E-state index is 12.6. The standard InChI is InChI=1S/C20H23N5O3S/c1-24-11-10-21-20(24)29-16-8-4-14(5-9-16)22-18(27)13-2-6-15(7-3-13)25-12-17(26)23-19(25)28/h2-3,6-7,10-11,14,16H,4-5,8-9,12H2,1H3,(H,22,27)(H,23,26,28). The van der Waals surface area contributed by atoms with Crippen LogP contribution in [0.3, 0.4) is 0 Å². The van der Waals surface area contributed by atoms with Crippen molar-refractivity contribution >= 4 is 35.3 Å². The third kappa shape index (κ3) is 4.45. The van der Waals surface area contributed by atoms with E-state index in [0.29, 0.717) is 16.5 Å². The maximum Gasteiger partial charge on any atom is 0.329 e. The highest BCUT2D eigenvalue weighted by Gasteiger charge is 2.28. The van der Waals surface area contributed by atoms with Crippen LogP contribution in [-0.4, -0.2) is 45.2 Å². The lowest BCUT2D eigenvalue weighted by Crippen LogP contribution is -2.38. The van der Waals surface area contributed by atoms with Crippen LogP contribution in [0.25, 0.3) is 0 Å². The molecule has 2 N–H and O–H groups in total. The predicted molar refractivity (Wildman–Crippen MR) is 110 cm³/mol. The molecule has 29 heavy (non-hydrogen) atoms. The Bertz CT molecular complexity index is 918. The smallest absolute Gasteiger partial charge is 0.329 e. The van der Waals surface area contributed by atoms with Gasteiger partial charge in [-0.05, 0) is 49.9 Å². The van der Waals surface area contributed by atoms with E-state index >= 15 is 0 Å². The molecule has 0 bridgehead atoms. The van der Waals surface area contributed by atoms with Gasteiger partial charge >= 0.3 is 6.03 Å². The molecule has 1 aromatic heterocycles. The Kier molecular flexibility index (Phi) is 5.57. The van der Waals surface area contributed by atoms with Gasteiger partial charge in [-0.3, -0.25) is 19.8 Å². The van der Waals surface area contributed by atoms with Gasteiger partial charge in [0.25, 0.3) is 5.91 Å². The van der Waals surface area contributed by atoms with E-state index < -0.39 is 6.03 Å². The minimum atomic E-state index is -0.438. The van der Waals surface area contributed by atoms with E-state index in [-0.39, 0.29) is 24.4 Å². The van der Waals surface area contributed by atoms with Crippen LogP contribution in [0.15, 0.2) is 41.8 Å². The second-order valence-corrected chi connectivity index (χ2v) is 8.64. The molecule has 2 heterocycles. The number of imidazole rings is 1. The molecule has 1 aromatic carbocycles. The van der Waals surface area contributed by atoms with Crippen molar-refractivity contribution in [3.8, 4) is 0 Å². The molecule has 0 radical (unpaired) electrons. The molecule has 2 aromatic rings. The van der Waals surface area contributed by atoms with Gasteiger partial charge in [-0.25, -0.2) is 9.78 Å². The molecule has 0 atom stereocenters. The summed E-state index contributed by atoms with van der Waals surface area (Å²) in [5, 5.41) is 6.91. The largest absolute Gasteiger partial charge is 0.349 e. The quantitative estimate of drug-likeness (QED) is 0.734. The number of urea groups is 1. The van der Waals surface area contributed by atoms with Gasteiger partial charge in [0.2, 0.25) is 5.91 Å². The first-order valence-electron chi connectivity index (χ1n) is 9.66. The molecule has 1 saturated heterocycles. The first-order chi connectivity index (χ1) is 14.0. The molecular formula is C20H23N5O3S. The van der Waals surface area contributed by atoms with E-state index in [4.69, 9.17) is 0 Å². The number of hydrogen-bond acceptors (Lipinski definition) is 5. The van der Waals surface area contributed by atoms with E-state index in [2.05, 4.69) is 15.6 Å². The summed E-state index contributed by atoms with van der Waals surface area (Å²) >= 11 is 1.81. The molecule has 0 unspecified atom stereocenters. The lowest BCUT2D eigenvalue weighted by atomic mass is 9.94. The van der Waals surface area contributed by atoms with E-state index in [1.165, 1.54) is 4.90 Å². The van der Waals surface area contributed by atoms with Crippen molar-refractivity contribution in [2.45, 2.75) is 42.1 Å². The van der Waals surface area contributed by atoms with Crippen LogP contribution in [0.2, 0.25) is 0 Å². The molecule has 2 fully saturated rings. The molecule has 1 aliphatic heterocycles. The number of amides is 4. The van der Waals surface area contributed by atoms with Crippen LogP contribution in [0.5, 0.6) is 0 Å². The molecular weight excluding hydrogens is 390 g/mol. The number of rotatable bonds is 5. The molecule has 9 heteroatoms. The zero-order valence-corrected chi connectivity index (χ0v) is 16.9. The maximum atomic E-state index is 12.6. The number of nitrogens with one attached hydrogen (secondary N) is 2. The second-order valence-electron chi connectivity index (χ2n) is 7.37. The van der Waals surface area contributed by atoms with E-state index in [0.717, 1.165) is 30.8 Å². The van der Waals surface area contributed by atoms with Gasteiger partial charge in [-0.1, -0.05) is 11.8 Å². The van der Waals surface area contributed by atoms with Gasteiger partial charge in [-0.15, -0.1) is 0 Å². The van der Waals surface area contributed by atoms with E-state index in [1.807, 2.05) is 24.0 Å². The number of imide groups is 1. The average Bonchev–Trinajstić information content (AvgIpc) is 3.27. The molecule has 0 spiro atoms. The summed E-state index contributed by atoms with van der Waals surface area (Å²) in [5.41, 5.74) is 1.14. The highest BCUT2D eigenvalue weighted by molar-refractivity contribution is 7.99. The fourth-order valence-electron chi connectivity index (χ4n) is 3.65. The van der Waals surface area contributed by atoms with Gasteiger partial charge in [0.05, 0.1) is 0 Å². The monoisotopic (exact) mass is 413 g/mol. The Labute approximate surface area is 173 Å². The fourth-order valence-corrected chi connectivity index (χ4v) is 4.81. The SMILES string of the molecule is Cn1ccnc1SC1CCC(NC(=O)c2ccc(N3CC(=O)NC3=O)cc2)CC1. The number of carbonyl (C=O) groups is 3. The Morgan fingerprint density at radius 3 is 2.48 bits per heavy atom. The molecule has 8 nitrogen and oxygen atoms in total. The summed E-state index contributed by atoms with van der Waals surface area (Å²) in [4.78, 5) is 41.3. The van der Waals surface area contributed by atoms with E-state index in [1.54, 1.807) is 36.0 Å². The summed E-state index contributed by atoms with van der Waals surface area (Å²) in [5.74, 6) is -0.438. The van der Waals surface area contributed by atoms with Crippen LogP contribution in [0.1, 0.15) is 36.0 Å². The Hall–Kier alpha value is -2.81. The summed E-state index contributed by atoms with van der Waals surface area (Å²) < 4.78 is 2.03. The van der Waals surface area contributed by atoms with Crippen molar-refractivity contribution in [3.05, 3.63) is 42.2 Å². The van der Waals surface area contributed by atoms with Crippen LogP contribution < -0.4 is 15.5 Å². The lowest BCUT2D eigenvalue weighted by molar-refractivity contribution is -0.117. The summed E-state index contributed by atoms with van der Waals surface area (Å²) in [6, 6.07) is 6.47. The molecule has 4 rings (SSSR count). The van der Waals surface area contributed by atoms with E-state index in [9.17, 15) is 14.4 Å². The second kappa shape index (κ2) is 8.28. The van der Waals surface area contributed by atoms with Crippen molar-refractivity contribution < 1.29 is 14.4 Å². The third-order valence-corrected chi connectivity index (χ3v) is 6.70. The number of benzene rings is 1. The molecule has 2 aliphatic rings. The van der Waals surface area contributed by atoms with Crippen LogP contribution in [0, 0.1) is 0 Å². The number of nitrogens with zero attached hydrogens (tertiary/aromatic N) is 3. The number of aromatic nitrogens is 2. The number of hydrogen-bond donors (Lipinski definition) is 2. The van der Waals surface area contributed by atoms with Crippen molar-refractivity contribution in [3.63, 3.8) is 0 Å². The summed E-state index contributed by atoms with van der Waals surface area (Å²) in [7, 11) is 2.00. The number of thioether (sulfide) groups is 1. The van der Waals surface area contributed by atoms with Gasteiger partial charge in [0.1, 0.15) is 6.54 Å². The molecule has 152 valence electrons. The average molecular weight is 414 g/mol. The fraction of sp³-hybridized carbons (Fsp3) is 0.400. The first-order valence-corrected chi connectivity index (χ1v) is 10.5. The van der Waals surface area contributed by atoms with Crippen molar-refractivity contribution in [1.29, 1.82) is 0 Å². The number of aryl methyl sites for hydroxylation is 1. The summed E-state index contributed by atoms with van der Waals surface area (Å²) in [6.07, 6.45) is 7.74. The Balaban J connectivity index is 1.28. The van der Waals surface area contributed by atoms with Crippen molar-refractivity contribution in [2.75, 3.05) is 11.4 Å². The van der Waals surface area contributed by atoms with Crippen LogP contribution >= 0.6 is 11.8 Å². The van der Waals surface area contributed by atoms with Gasteiger partial charge in [0.15, 0.2) is 5.16 Å². The highest BCUT2D eigenvalue weighted by atomic mass is 32.2. The minimum absolute atomic E-state index is 0.00387. The topological polar surface area (TPSA) is 96.3 Å². The molecule has 1 saturated carbocycles. The highest BCUT2D eigenvalue weighted by Crippen LogP contribution is 2.32. The predicted octanol–water partition coefficient (Wildman–Crippen LogP) is 2.31. The normalized spacial score (nSPS) is 21.9. The zero-order chi connectivity index (χ0) is 20.4. The minimum Gasteiger partial charge on any atom is -0.349 e. The molecule has 1 aliphatic carbocycles. The zero-order valence-electron chi connectivity index (χ0n) is 16.1. The van der Waals surface area contributed by atoms with Crippen LogP contribution in [0.4, 0.5) is 10.5 Å². The lowest BCUT2D eigenvalue weighted by Gasteiger charge is -2.28. The Morgan fingerprint density at radius 1 is 1.17 bits per heavy atom. The van der Waals surface area contributed by atoms with Crippen LogP contribution in [-0.2, 0) is 11.8 Å². The van der Waals surface area contributed by atoms with Crippen molar-refractivity contribution in [1.82, 2.24) is 20.2 Å². The molecule has 4 amide bonds. The van der Waals surface area contributed by atoms with Crippen molar-refractivity contribution in [2.24, 2.45) is 7.05 Å². The number of carbonyl (C=O) groups excluding carboxylic acids is 3. The van der Waals surface area contributed by atoms with Gasteiger partial charge in [0, 0.05) is 42.0 Å². The first kappa shape index (κ1) is 19.5. The third-order valence-electron chi connectivity index (χ3n) is 5.29. The van der Waals surface area contributed by atoms with Gasteiger partial charge in [-0.2, -0.15) is 0 Å². The summed E-state index contributed by atoms with van der Waals surface area (Å²) in [6.45, 7) is 0.00387.